The molecule has 4 rings (SSSR count). The number of fused-ring (bicyclic) bond motifs is 1. The first-order chi connectivity index (χ1) is 14.4. The summed E-state index contributed by atoms with van der Waals surface area (Å²) in [5, 5.41) is 2.85. The van der Waals surface area contributed by atoms with Gasteiger partial charge in [-0.2, -0.15) is 0 Å². The summed E-state index contributed by atoms with van der Waals surface area (Å²) < 4.78 is 33.0. The number of carbonyl (C=O) groups excluding carboxylic acids is 1. The molecule has 0 aliphatic carbocycles. The Morgan fingerprint density at radius 2 is 1.80 bits per heavy atom. The molecule has 1 amide bonds. The third-order valence-corrected chi connectivity index (χ3v) is 7.06. The summed E-state index contributed by atoms with van der Waals surface area (Å²) in [6.45, 7) is 1.87. The molecule has 0 saturated heterocycles. The molecule has 0 spiro atoms. The predicted molar refractivity (Wildman–Crippen MR) is 117 cm³/mol. The van der Waals surface area contributed by atoms with Gasteiger partial charge in [0.2, 0.25) is 0 Å². The van der Waals surface area contributed by atoms with Gasteiger partial charge in [-0.1, -0.05) is 24.3 Å². The van der Waals surface area contributed by atoms with Crippen LogP contribution in [0.25, 0.3) is 0 Å². The number of rotatable bonds is 5. The summed E-state index contributed by atoms with van der Waals surface area (Å²) in [6, 6.07) is 20.4. The molecule has 1 aliphatic rings. The third-order valence-electron chi connectivity index (χ3n) is 5.12. The number of nitrogens with one attached hydrogen (secondary N) is 1. The number of nitrogens with zero attached hydrogens (tertiary/aromatic N) is 1. The Balaban J connectivity index is 1.62. The molecule has 0 unspecified atom stereocenters. The van der Waals surface area contributed by atoms with Gasteiger partial charge >= 0.3 is 0 Å². The number of carbonyl (C=O) groups is 1. The molecule has 1 heterocycles. The maximum atomic E-state index is 13.2. The van der Waals surface area contributed by atoms with Crippen molar-refractivity contribution in [1.29, 1.82) is 0 Å². The molecule has 0 bridgehead atoms. The van der Waals surface area contributed by atoms with Gasteiger partial charge in [0.1, 0.15) is 5.75 Å². The van der Waals surface area contributed by atoms with Gasteiger partial charge in [-0.25, -0.2) is 8.42 Å². The Morgan fingerprint density at radius 3 is 2.53 bits per heavy atom. The second-order valence-electron chi connectivity index (χ2n) is 7.20. The minimum atomic E-state index is -3.67. The zero-order valence-electron chi connectivity index (χ0n) is 16.7. The van der Waals surface area contributed by atoms with Crippen LogP contribution in [0.2, 0.25) is 0 Å². The van der Waals surface area contributed by atoms with E-state index in [2.05, 4.69) is 5.32 Å². The van der Waals surface area contributed by atoms with E-state index in [1.54, 1.807) is 79.9 Å². The van der Waals surface area contributed by atoms with E-state index < -0.39 is 10.0 Å². The van der Waals surface area contributed by atoms with Crippen molar-refractivity contribution in [3.63, 3.8) is 0 Å². The topological polar surface area (TPSA) is 75.7 Å². The smallest absolute Gasteiger partial charge is 0.264 e. The highest BCUT2D eigenvalue weighted by atomic mass is 32.2. The van der Waals surface area contributed by atoms with E-state index in [-0.39, 0.29) is 16.8 Å². The summed E-state index contributed by atoms with van der Waals surface area (Å²) in [5.74, 6) is 0.389. The molecule has 1 atom stereocenters. The molecule has 0 aromatic heterocycles. The first kappa shape index (κ1) is 20.0. The van der Waals surface area contributed by atoms with Gasteiger partial charge in [-0.3, -0.25) is 9.10 Å². The van der Waals surface area contributed by atoms with Gasteiger partial charge in [0, 0.05) is 23.4 Å². The molecule has 0 fully saturated rings. The van der Waals surface area contributed by atoms with Crippen molar-refractivity contribution < 1.29 is 17.9 Å². The SMILES string of the molecule is COc1cccc(NC(=O)c2ccc3c(c2)C[C@@H](C)N3S(=O)(=O)c2ccccc2)c1. The van der Waals surface area contributed by atoms with Gasteiger partial charge in [-0.15, -0.1) is 0 Å². The van der Waals surface area contributed by atoms with E-state index >= 15 is 0 Å². The van der Waals surface area contributed by atoms with Crippen molar-refractivity contribution in [2.24, 2.45) is 0 Å². The van der Waals surface area contributed by atoms with E-state index in [1.165, 1.54) is 4.31 Å². The lowest BCUT2D eigenvalue weighted by molar-refractivity contribution is 0.102. The first-order valence-electron chi connectivity index (χ1n) is 9.58. The lowest BCUT2D eigenvalue weighted by Crippen LogP contribution is -2.35. The Morgan fingerprint density at radius 1 is 1.03 bits per heavy atom. The van der Waals surface area contributed by atoms with Crippen molar-refractivity contribution in [1.82, 2.24) is 0 Å². The second kappa shape index (κ2) is 7.84. The summed E-state index contributed by atoms with van der Waals surface area (Å²) >= 11 is 0. The van der Waals surface area contributed by atoms with Gasteiger partial charge in [0.15, 0.2) is 0 Å². The number of sulfonamides is 1. The van der Waals surface area contributed by atoms with E-state index in [0.717, 1.165) is 5.56 Å². The lowest BCUT2D eigenvalue weighted by atomic mass is 10.1. The van der Waals surface area contributed by atoms with Crippen LogP contribution in [0, 0.1) is 0 Å². The molecule has 3 aromatic rings. The van der Waals surface area contributed by atoms with Crippen LogP contribution in [0.15, 0.2) is 77.7 Å². The highest BCUT2D eigenvalue weighted by molar-refractivity contribution is 7.92. The normalized spacial score (nSPS) is 15.5. The molecule has 0 radical (unpaired) electrons. The van der Waals surface area contributed by atoms with E-state index in [9.17, 15) is 13.2 Å². The van der Waals surface area contributed by atoms with Crippen LogP contribution in [-0.4, -0.2) is 27.5 Å². The molecule has 3 aromatic carbocycles. The van der Waals surface area contributed by atoms with Crippen LogP contribution < -0.4 is 14.4 Å². The van der Waals surface area contributed by atoms with Gasteiger partial charge < -0.3 is 10.1 Å². The maximum Gasteiger partial charge on any atom is 0.264 e. The van der Waals surface area contributed by atoms with Crippen LogP contribution >= 0.6 is 0 Å². The van der Waals surface area contributed by atoms with Gasteiger partial charge in [0.05, 0.1) is 17.7 Å². The van der Waals surface area contributed by atoms with Crippen LogP contribution in [-0.2, 0) is 16.4 Å². The number of hydrogen-bond donors (Lipinski definition) is 1. The summed E-state index contributed by atoms with van der Waals surface area (Å²) in [4.78, 5) is 13.0. The number of amides is 1. The van der Waals surface area contributed by atoms with Crippen molar-refractivity contribution >= 4 is 27.3 Å². The molecule has 30 heavy (non-hydrogen) atoms. The molecule has 1 N–H and O–H groups in total. The second-order valence-corrected chi connectivity index (χ2v) is 9.01. The number of ether oxygens (including phenoxy) is 1. The highest BCUT2D eigenvalue weighted by Crippen LogP contribution is 2.37. The quantitative estimate of drug-likeness (QED) is 0.672. The highest BCUT2D eigenvalue weighted by Gasteiger charge is 2.36. The molecule has 6 nitrogen and oxygen atoms in total. The fourth-order valence-corrected chi connectivity index (χ4v) is 5.43. The number of benzene rings is 3. The van der Waals surface area contributed by atoms with Crippen LogP contribution in [0.4, 0.5) is 11.4 Å². The summed E-state index contributed by atoms with van der Waals surface area (Å²) in [7, 11) is -2.10. The van der Waals surface area contributed by atoms with Gasteiger partial charge in [-0.05, 0) is 61.4 Å². The summed E-state index contributed by atoms with van der Waals surface area (Å²) in [5.41, 5.74) is 2.55. The Kier molecular flexibility index (Phi) is 5.22. The monoisotopic (exact) mass is 422 g/mol. The zero-order valence-corrected chi connectivity index (χ0v) is 17.5. The summed E-state index contributed by atoms with van der Waals surface area (Å²) in [6.07, 6.45) is 0.543. The first-order valence-corrected chi connectivity index (χ1v) is 11.0. The largest absolute Gasteiger partial charge is 0.497 e. The molecule has 1 aliphatic heterocycles. The fourth-order valence-electron chi connectivity index (χ4n) is 3.72. The molecular formula is C23H22N2O4S. The van der Waals surface area contributed by atoms with Crippen LogP contribution in [0.3, 0.4) is 0 Å². The third kappa shape index (κ3) is 3.64. The average Bonchev–Trinajstić information content (AvgIpc) is 3.10. The van der Waals surface area contributed by atoms with E-state index in [0.29, 0.717) is 29.1 Å². The molecule has 0 saturated carbocycles. The van der Waals surface area contributed by atoms with Gasteiger partial charge in [0.25, 0.3) is 15.9 Å². The lowest BCUT2D eigenvalue weighted by Gasteiger charge is -2.24. The average molecular weight is 423 g/mol. The molecule has 7 heteroatoms. The van der Waals surface area contributed by atoms with E-state index in [1.807, 2.05) is 6.92 Å². The van der Waals surface area contributed by atoms with Crippen molar-refractivity contribution in [3.05, 3.63) is 83.9 Å². The zero-order chi connectivity index (χ0) is 21.3. The van der Waals surface area contributed by atoms with Crippen molar-refractivity contribution in [2.45, 2.75) is 24.3 Å². The van der Waals surface area contributed by atoms with Crippen LogP contribution in [0.5, 0.6) is 5.75 Å². The molecule has 154 valence electrons. The maximum absolute atomic E-state index is 13.2. The molecular weight excluding hydrogens is 400 g/mol. The van der Waals surface area contributed by atoms with E-state index in [4.69, 9.17) is 4.74 Å². The minimum absolute atomic E-state index is 0.234. The van der Waals surface area contributed by atoms with Crippen molar-refractivity contribution in [3.8, 4) is 5.75 Å². The standard InChI is InChI=1S/C23H22N2O4S/c1-16-13-18-14-17(23(26)24-19-7-6-8-20(15-19)29-2)11-12-22(18)25(16)30(27,28)21-9-4-3-5-10-21/h3-12,14-16H,13H2,1-2H3,(H,24,26)/t16-/m1/s1. The van der Waals surface area contributed by atoms with Crippen molar-refractivity contribution in [2.75, 3.05) is 16.7 Å². The Hall–Kier alpha value is -3.32. The number of anilines is 2. The predicted octanol–water partition coefficient (Wildman–Crippen LogP) is 4.09. The fraction of sp³-hybridized carbons (Fsp3) is 0.174. The number of hydrogen-bond acceptors (Lipinski definition) is 4. The Bertz CT molecular complexity index is 1190. The number of methoxy groups -OCH3 is 1. The minimum Gasteiger partial charge on any atom is -0.497 e. The Labute approximate surface area is 176 Å². The van der Waals surface area contributed by atoms with Crippen LogP contribution in [0.1, 0.15) is 22.8 Å².